The highest BCUT2D eigenvalue weighted by Crippen LogP contribution is 2.53. The predicted octanol–water partition coefficient (Wildman–Crippen LogP) is 3.25. The van der Waals surface area contributed by atoms with Gasteiger partial charge in [0.25, 0.3) is 0 Å². The number of hydrogen-bond acceptors (Lipinski definition) is 3. The van der Waals surface area contributed by atoms with Crippen LogP contribution in [0.3, 0.4) is 0 Å². The summed E-state index contributed by atoms with van der Waals surface area (Å²) < 4.78 is 7.29. The molecular formula is C19H29N3O2S. The van der Waals surface area contributed by atoms with Crippen LogP contribution < -0.4 is 10.1 Å². The molecule has 0 aromatic carbocycles. The quantitative estimate of drug-likeness (QED) is 0.893. The van der Waals surface area contributed by atoms with Crippen molar-refractivity contribution in [2.75, 3.05) is 13.7 Å². The fraction of sp³-hybridized carbons (Fsp3) is 0.789. The van der Waals surface area contributed by atoms with E-state index in [4.69, 9.17) is 4.74 Å². The van der Waals surface area contributed by atoms with Crippen molar-refractivity contribution in [1.29, 1.82) is 0 Å². The second-order valence-electron chi connectivity index (χ2n) is 8.19. The molecule has 5 rings (SSSR count). The van der Waals surface area contributed by atoms with E-state index >= 15 is 0 Å². The Morgan fingerprint density at radius 2 is 1.84 bits per heavy atom. The van der Waals surface area contributed by atoms with E-state index in [0.717, 1.165) is 23.2 Å². The van der Waals surface area contributed by atoms with Gasteiger partial charge in [-0.1, -0.05) is 0 Å². The summed E-state index contributed by atoms with van der Waals surface area (Å²) in [5.41, 5.74) is 1.17. The Bertz CT molecular complexity index is 693. The Morgan fingerprint density at radius 3 is 2.44 bits per heavy atom. The molecule has 0 radical (unpaired) electrons. The molecule has 25 heavy (non-hydrogen) atoms. The van der Waals surface area contributed by atoms with Gasteiger partial charge in [0, 0.05) is 30.3 Å². The van der Waals surface area contributed by atoms with Gasteiger partial charge in [-0.2, -0.15) is 4.99 Å². The van der Waals surface area contributed by atoms with Gasteiger partial charge in [0.1, 0.15) is 0 Å². The van der Waals surface area contributed by atoms with Crippen molar-refractivity contribution in [2.24, 2.45) is 28.7 Å². The highest BCUT2D eigenvalue weighted by Gasteiger charge is 2.48. The van der Waals surface area contributed by atoms with E-state index in [1.165, 1.54) is 42.7 Å². The van der Waals surface area contributed by atoms with Crippen LogP contribution in [0.2, 0.25) is 0 Å². The van der Waals surface area contributed by atoms with Gasteiger partial charge in [0.05, 0.1) is 6.61 Å². The highest BCUT2D eigenvalue weighted by molar-refractivity contribution is 7.09. The molecule has 0 saturated heterocycles. The first kappa shape index (κ1) is 17.3. The van der Waals surface area contributed by atoms with Crippen molar-refractivity contribution in [3.63, 3.8) is 0 Å². The zero-order valence-corrected chi connectivity index (χ0v) is 16.3. The van der Waals surface area contributed by atoms with Gasteiger partial charge in [-0.25, -0.2) is 4.79 Å². The maximum Gasteiger partial charge on any atom is 0.343 e. The molecule has 1 heterocycles. The van der Waals surface area contributed by atoms with E-state index < -0.39 is 0 Å². The number of nitrogens with one attached hydrogen (secondary N) is 1. The Morgan fingerprint density at radius 1 is 1.20 bits per heavy atom. The van der Waals surface area contributed by atoms with Gasteiger partial charge >= 0.3 is 6.03 Å². The van der Waals surface area contributed by atoms with Crippen LogP contribution in [0.15, 0.2) is 4.99 Å². The minimum Gasteiger partial charge on any atom is -0.383 e. The lowest BCUT2D eigenvalue weighted by atomic mass is 9.54. The summed E-state index contributed by atoms with van der Waals surface area (Å²) in [5.74, 6) is 3.21. The van der Waals surface area contributed by atoms with Crippen molar-refractivity contribution in [2.45, 2.75) is 58.5 Å². The lowest BCUT2D eigenvalue weighted by molar-refractivity contribution is -0.00904. The average molecular weight is 364 g/mol. The van der Waals surface area contributed by atoms with Gasteiger partial charge in [-0.15, -0.1) is 11.3 Å². The van der Waals surface area contributed by atoms with E-state index in [2.05, 4.69) is 28.7 Å². The van der Waals surface area contributed by atoms with Gasteiger partial charge in [0.15, 0.2) is 4.80 Å². The molecule has 0 unspecified atom stereocenters. The lowest BCUT2D eigenvalue weighted by Crippen LogP contribution is -2.55. The van der Waals surface area contributed by atoms with Gasteiger partial charge in [-0.3, -0.25) is 0 Å². The molecule has 1 aromatic rings. The summed E-state index contributed by atoms with van der Waals surface area (Å²) in [7, 11) is 1.70. The number of carbonyl (C=O) groups is 1. The van der Waals surface area contributed by atoms with Gasteiger partial charge in [0.2, 0.25) is 0 Å². The molecule has 6 heteroatoms. The Labute approximate surface area is 153 Å². The van der Waals surface area contributed by atoms with Crippen molar-refractivity contribution < 1.29 is 9.53 Å². The van der Waals surface area contributed by atoms with Crippen LogP contribution in [-0.4, -0.2) is 30.4 Å². The predicted molar refractivity (Wildman–Crippen MR) is 98.6 cm³/mol. The van der Waals surface area contributed by atoms with Crippen molar-refractivity contribution in [3.8, 4) is 0 Å². The first-order chi connectivity index (χ1) is 12.0. The average Bonchev–Trinajstić information content (AvgIpc) is 2.82. The van der Waals surface area contributed by atoms with Crippen molar-refractivity contribution in [3.05, 3.63) is 15.4 Å². The molecule has 1 N–H and O–H groups in total. The molecule has 4 saturated carbocycles. The topological polar surface area (TPSA) is 55.6 Å². The number of nitrogens with zero attached hydrogens (tertiary/aromatic N) is 2. The maximum absolute atomic E-state index is 12.6. The summed E-state index contributed by atoms with van der Waals surface area (Å²) >= 11 is 1.59. The number of hydrogen-bond donors (Lipinski definition) is 1. The molecular weight excluding hydrogens is 334 g/mol. The van der Waals surface area contributed by atoms with Crippen LogP contribution in [0, 0.1) is 37.5 Å². The van der Waals surface area contributed by atoms with E-state index in [0.29, 0.717) is 24.5 Å². The van der Waals surface area contributed by atoms with Crippen LogP contribution in [0.25, 0.3) is 0 Å². The van der Waals surface area contributed by atoms with Gasteiger partial charge < -0.3 is 14.6 Å². The number of amides is 2. The molecule has 0 spiro atoms. The van der Waals surface area contributed by atoms with E-state index in [-0.39, 0.29) is 6.03 Å². The fourth-order valence-corrected chi connectivity index (χ4v) is 6.55. The second kappa shape index (κ2) is 6.88. The number of thiazole rings is 1. The number of ether oxygens (including phenoxy) is 1. The second-order valence-corrected chi connectivity index (χ2v) is 9.37. The van der Waals surface area contributed by atoms with E-state index in [1.54, 1.807) is 18.4 Å². The summed E-state index contributed by atoms with van der Waals surface area (Å²) in [6.45, 7) is 5.52. The zero-order chi connectivity index (χ0) is 17.6. The summed E-state index contributed by atoms with van der Waals surface area (Å²) in [5, 5.41) is 3.28. The zero-order valence-electron chi connectivity index (χ0n) is 15.5. The molecule has 0 atom stereocenters. The summed E-state index contributed by atoms with van der Waals surface area (Å²) in [6.07, 6.45) is 6.67. The molecule has 138 valence electrons. The molecule has 5 nitrogen and oxygen atoms in total. The van der Waals surface area contributed by atoms with Gasteiger partial charge in [-0.05, 0) is 69.6 Å². The molecule has 4 fully saturated rings. The third-order valence-corrected chi connectivity index (χ3v) is 7.72. The summed E-state index contributed by atoms with van der Waals surface area (Å²) in [4.78, 5) is 19.0. The van der Waals surface area contributed by atoms with Crippen LogP contribution >= 0.6 is 11.3 Å². The number of carbonyl (C=O) groups excluding carboxylic acids is 1. The van der Waals surface area contributed by atoms with Crippen LogP contribution in [0.5, 0.6) is 0 Å². The molecule has 4 aliphatic carbocycles. The molecule has 2 amide bonds. The number of aromatic nitrogens is 1. The molecule has 1 aromatic heterocycles. The molecule has 0 aliphatic heterocycles. The third-order valence-electron chi connectivity index (χ3n) is 6.62. The van der Waals surface area contributed by atoms with Crippen molar-refractivity contribution in [1.82, 2.24) is 9.88 Å². The minimum absolute atomic E-state index is 0.162. The number of aryl methyl sites for hydroxylation is 1. The Hall–Kier alpha value is -1.14. The summed E-state index contributed by atoms with van der Waals surface area (Å²) in [6, 6.07) is 0.184. The van der Waals surface area contributed by atoms with E-state index in [1.807, 2.05) is 0 Å². The monoisotopic (exact) mass is 363 g/mol. The first-order valence-electron chi connectivity index (χ1n) is 9.56. The fourth-order valence-electron chi connectivity index (χ4n) is 5.55. The van der Waals surface area contributed by atoms with Crippen LogP contribution in [0.4, 0.5) is 4.79 Å². The van der Waals surface area contributed by atoms with E-state index in [9.17, 15) is 4.79 Å². The maximum atomic E-state index is 12.6. The number of rotatable bonds is 4. The first-order valence-corrected chi connectivity index (χ1v) is 10.4. The van der Waals surface area contributed by atoms with Crippen molar-refractivity contribution >= 4 is 17.4 Å². The lowest BCUT2D eigenvalue weighted by Gasteiger charge is -2.54. The minimum atomic E-state index is -0.162. The largest absolute Gasteiger partial charge is 0.383 e. The normalized spacial score (nSPS) is 33.9. The van der Waals surface area contributed by atoms with Crippen LogP contribution in [-0.2, 0) is 11.3 Å². The highest BCUT2D eigenvalue weighted by atomic mass is 32.1. The SMILES string of the molecule is COCCn1c(C)c(C)s/c1=N\C(=O)NC1C2CC3CC(C2)CC1C3. The molecule has 4 bridgehead atoms. The van der Waals surface area contributed by atoms with Crippen LogP contribution in [0.1, 0.15) is 42.7 Å². The Balaban J connectivity index is 1.50. The smallest absolute Gasteiger partial charge is 0.343 e. The standard InChI is InChI=1S/C19H29N3O2S/c1-11-12(2)25-19(22(11)4-5-24-3)21-18(23)20-17-15-7-13-6-14(9-15)10-16(17)8-13/h13-17H,4-10H2,1-3H3,(H,20,23)/b21-19-. The molecule has 4 aliphatic rings. The third kappa shape index (κ3) is 3.31. The number of urea groups is 1. The Kier molecular flexibility index (Phi) is 4.75. The number of methoxy groups -OCH3 is 1.